The molecule has 0 aromatic rings. The van der Waals surface area contributed by atoms with E-state index in [2.05, 4.69) is 83.1 Å². The van der Waals surface area contributed by atoms with Crippen molar-refractivity contribution in [3.63, 3.8) is 0 Å². The normalized spacial score (nSPS) is 46.2. The molecule has 2 heterocycles. The van der Waals surface area contributed by atoms with E-state index in [-0.39, 0.29) is 58.3 Å². The van der Waals surface area contributed by atoms with Crippen LogP contribution >= 0.6 is 17.2 Å². The second kappa shape index (κ2) is 18.7. The summed E-state index contributed by atoms with van der Waals surface area (Å²) < 4.78 is 44.7. The van der Waals surface area contributed by atoms with E-state index in [4.69, 9.17) is 27.1 Å². The monoisotopic (exact) mass is 875 g/mol. The van der Waals surface area contributed by atoms with Gasteiger partial charge in [-0.15, -0.1) is 0 Å². The third-order valence-electron chi connectivity index (χ3n) is 18.5. The Balaban J connectivity index is 1.19. The van der Waals surface area contributed by atoms with Crippen molar-refractivity contribution >= 4 is 17.2 Å². The van der Waals surface area contributed by atoms with Gasteiger partial charge in [-0.05, 0) is 158 Å². The smallest absolute Gasteiger partial charge is 0.309 e. The molecule has 16 atom stereocenters. The molecule has 6 nitrogen and oxygen atoms in total. The van der Waals surface area contributed by atoms with Gasteiger partial charge in [-0.25, -0.2) is 0 Å². The van der Waals surface area contributed by atoms with Crippen LogP contribution in [0.3, 0.4) is 0 Å². The van der Waals surface area contributed by atoms with E-state index in [9.17, 15) is 0 Å². The van der Waals surface area contributed by atoms with Crippen LogP contribution in [0.2, 0.25) is 0 Å². The number of rotatable bonds is 5. The number of fused-ring (bicyclic) bond motifs is 6. The summed E-state index contributed by atoms with van der Waals surface area (Å²) in [6.07, 6.45) is 26.1. The predicted octanol–water partition coefficient (Wildman–Crippen LogP) is 16.0. The highest BCUT2D eigenvalue weighted by atomic mass is 31.2. The zero-order chi connectivity index (χ0) is 42.8. The molecule has 0 amide bonds. The summed E-state index contributed by atoms with van der Waals surface area (Å²) in [6, 6.07) is 0. The van der Waals surface area contributed by atoms with Crippen LogP contribution in [0, 0.1) is 80.8 Å². The van der Waals surface area contributed by atoms with E-state index >= 15 is 0 Å². The maximum absolute atomic E-state index is 7.83. The van der Waals surface area contributed by atoms with Crippen molar-refractivity contribution in [3.05, 3.63) is 0 Å². The molecule has 8 rings (SSSR count). The van der Waals surface area contributed by atoms with E-state index in [1.54, 1.807) is 0 Å². The van der Waals surface area contributed by atoms with Crippen LogP contribution in [-0.2, 0) is 27.1 Å². The minimum Gasteiger partial charge on any atom is -0.309 e. The van der Waals surface area contributed by atoms with Crippen molar-refractivity contribution in [1.29, 1.82) is 0 Å². The third kappa shape index (κ3) is 10.4. The molecule has 8 heteroatoms. The second-order valence-corrected chi connectivity index (χ2v) is 28.5. The third-order valence-corrected chi connectivity index (χ3v) is 21.1. The van der Waals surface area contributed by atoms with Gasteiger partial charge in [0.1, 0.15) is 0 Å². The molecular weight excluding hydrogens is 783 g/mol. The van der Waals surface area contributed by atoms with Gasteiger partial charge in [-0.2, -0.15) is 0 Å². The van der Waals surface area contributed by atoms with Crippen LogP contribution in [0.1, 0.15) is 212 Å². The number of hydrogen-bond donors (Lipinski definition) is 0. The van der Waals surface area contributed by atoms with E-state index in [1.807, 2.05) is 0 Å². The summed E-state index contributed by atoms with van der Waals surface area (Å²) >= 11 is 0. The van der Waals surface area contributed by atoms with Crippen molar-refractivity contribution < 1.29 is 27.1 Å². The fourth-order valence-corrected chi connectivity index (χ4v) is 17.9. The first-order chi connectivity index (χ1) is 28.3. The summed E-state index contributed by atoms with van der Waals surface area (Å²) in [5, 5.41) is 0. The highest BCUT2D eigenvalue weighted by Gasteiger charge is 2.58. The fraction of sp³-hybridized carbons (Fsp3) is 1.00. The first kappa shape index (κ1) is 47.1. The summed E-state index contributed by atoms with van der Waals surface area (Å²) in [4.78, 5) is 0. The molecule has 6 saturated carbocycles. The molecule has 346 valence electrons. The van der Waals surface area contributed by atoms with Gasteiger partial charge in [-0.3, -0.25) is 0 Å². The van der Waals surface area contributed by atoms with Crippen LogP contribution in [0.4, 0.5) is 0 Å². The van der Waals surface area contributed by atoms with Gasteiger partial charge in [0.15, 0.2) is 0 Å². The van der Waals surface area contributed by atoms with Crippen LogP contribution in [0.25, 0.3) is 0 Å². The molecule has 60 heavy (non-hydrogen) atoms. The van der Waals surface area contributed by atoms with Gasteiger partial charge < -0.3 is 27.1 Å². The first-order valence-electron chi connectivity index (χ1n) is 25.9. The van der Waals surface area contributed by atoms with E-state index < -0.39 is 17.2 Å². The summed E-state index contributed by atoms with van der Waals surface area (Å²) in [5.74, 6) is 5.07. The average molecular weight is 875 g/mol. The first-order valence-corrected chi connectivity index (χ1v) is 28.1. The quantitative estimate of drug-likeness (QED) is 0.257. The van der Waals surface area contributed by atoms with Crippen molar-refractivity contribution in [2.45, 2.75) is 248 Å². The molecule has 16 unspecified atom stereocenters. The van der Waals surface area contributed by atoms with E-state index in [0.717, 1.165) is 38.5 Å². The van der Waals surface area contributed by atoms with Gasteiger partial charge in [-0.1, -0.05) is 134 Å². The lowest BCUT2D eigenvalue weighted by Crippen LogP contribution is -2.55. The Morgan fingerprint density at radius 1 is 0.333 bits per heavy atom. The minimum absolute atomic E-state index is 0.0431. The summed E-state index contributed by atoms with van der Waals surface area (Å²) in [6.45, 7) is 30.0. The molecule has 0 N–H and O–H groups in total. The van der Waals surface area contributed by atoms with Crippen LogP contribution in [0.15, 0.2) is 0 Å². The van der Waals surface area contributed by atoms with Gasteiger partial charge >= 0.3 is 17.2 Å². The second-order valence-electron chi connectivity index (χ2n) is 26.3. The van der Waals surface area contributed by atoms with Crippen molar-refractivity contribution in [2.24, 2.45) is 80.8 Å². The standard InChI is InChI=1S/C52H92O6P2/c1-49(2,3)33-29-39(47(41(31-33)51(7,8)9)57-59-53-43-25-17-13-21-35(43)36-22-14-18-26-44(36)54-59)40-30-34(50(4,5)6)32-42(52(10,11)12)48(40)58-60-55-45-27-19-15-23-37(45)38-24-16-20-28-46(38)56-60/h33-48H,13-32H2,1-12H3. The maximum atomic E-state index is 7.83. The predicted molar refractivity (Wildman–Crippen MR) is 248 cm³/mol. The largest absolute Gasteiger partial charge is 0.333 e. The summed E-state index contributed by atoms with van der Waals surface area (Å²) in [5.41, 5.74) is 0.519. The zero-order valence-electron chi connectivity index (χ0n) is 40.7. The minimum atomic E-state index is -1.48. The maximum Gasteiger partial charge on any atom is 0.333 e. The summed E-state index contributed by atoms with van der Waals surface area (Å²) in [7, 11) is -2.96. The van der Waals surface area contributed by atoms with E-state index in [0.29, 0.717) is 59.2 Å². The van der Waals surface area contributed by atoms with Crippen LogP contribution in [-0.4, -0.2) is 36.6 Å². The molecule has 8 aliphatic rings. The molecule has 0 spiro atoms. The number of hydrogen-bond acceptors (Lipinski definition) is 6. The van der Waals surface area contributed by atoms with Crippen molar-refractivity contribution in [1.82, 2.24) is 0 Å². The Hall–Kier alpha value is 0.620. The molecule has 8 fully saturated rings. The van der Waals surface area contributed by atoms with Gasteiger partial charge in [0.25, 0.3) is 0 Å². The van der Waals surface area contributed by atoms with Crippen LogP contribution < -0.4 is 0 Å². The van der Waals surface area contributed by atoms with Crippen molar-refractivity contribution in [3.8, 4) is 0 Å². The Morgan fingerprint density at radius 2 is 0.600 bits per heavy atom. The average Bonchev–Trinajstić information content (AvgIpc) is 3.43. The lowest BCUT2D eigenvalue weighted by Gasteiger charge is -2.57. The lowest BCUT2D eigenvalue weighted by molar-refractivity contribution is -0.138. The Labute approximate surface area is 372 Å². The SMILES string of the molecule is CC(C)(C)C1CC(C2CC(C(C)(C)C)CC(C(C)(C)C)C2OP2OC3CCCCC3C3CCCCC3O2)C(OP2OC3CCCCC3C3CCCCC3O2)C(C(C)(C)C)C1. The molecule has 0 bridgehead atoms. The zero-order valence-corrected chi connectivity index (χ0v) is 42.5. The molecule has 2 aliphatic heterocycles. The van der Waals surface area contributed by atoms with Gasteiger partial charge in [0, 0.05) is 0 Å². The Morgan fingerprint density at radius 3 is 0.850 bits per heavy atom. The highest BCUT2D eigenvalue weighted by Crippen LogP contribution is 2.65. The molecule has 0 aromatic carbocycles. The van der Waals surface area contributed by atoms with Gasteiger partial charge in [0.05, 0.1) is 36.6 Å². The topological polar surface area (TPSA) is 55.4 Å². The molecule has 0 radical (unpaired) electrons. The fourth-order valence-electron chi connectivity index (χ4n) is 14.6. The van der Waals surface area contributed by atoms with Gasteiger partial charge in [0.2, 0.25) is 0 Å². The Bertz CT molecular complexity index is 1240. The molecule has 2 saturated heterocycles. The lowest BCUT2D eigenvalue weighted by atomic mass is 9.52. The Kier molecular flexibility index (Phi) is 14.7. The molecule has 0 aromatic heterocycles. The van der Waals surface area contributed by atoms with Crippen LogP contribution in [0.5, 0.6) is 0 Å². The highest BCUT2D eigenvalue weighted by molar-refractivity contribution is 7.42. The van der Waals surface area contributed by atoms with Crippen molar-refractivity contribution in [2.75, 3.05) is 0 Å². The molecular formula is C52H92O6P2. The van der Waals surface area contributed by atoms with E-state index in [1.165, 1.54) is 89.9 Å². The molecule has 6 aliphatic carbocycles.